The molecule has 2 atom stereocenters. The highest BCUT2D eigenvalue weighted by atomic mass is 16.4. The van der Waals surface area contributed by atoms with Gasteiger partial charge in [0.05, 0.1) is 0 Å². The zero-order valence-corrected chi connectivity index (χ0v) is 10.9. The molecule has 0 saturated carbocycles. The average Bonchev–Trinajstić information content (AvgIpc) is 2.35. The van der Waals surface area contributed by atoms with E-state index in [1.54, 1.807) is 0 Å². The van der Waals surface area contributed by atoms with Crippen LogP contribution in [0.15, 0.2) is 0 Å². The Bertz CT molecular complexity index is 345. The largest absolute Gasteiger partial charge is 0.481 e. The number of carbonyl (C=O) groups excluding carboxylic acids is 1. The zero-order valence-electron chi connectivity index (χ0n) is 10.9. The number of amides is 1. The van der Waals surface area contributed by atoms with Gasteiger partial charge in [0.1, 0.15) is 0 Å². The van der Waals surface area contributed by atoms with Crippen molar-refractivity contribution in [3.8, 4) is 12.3 Å². The smallest absolute Gasteiger partial charge is 0.303 e. The lowest BCUT2D eigenvalue weighted by atomic mass is 9.84. The van der Waals surface area contributed by atoms with E-state index >= 15 is 0 Å². The van der Waals surface area contributed by atoms with Crippen LogP contribution in [0.3, 0.4) is 0 Å². The minimum Gasteiger partial charge on any atom is -0.481 e. The van der Waals surface area contributed by atoms with E-state index < -0.39 is 5.97 Å². The summed E-state index contributed by atoms with van der Waals surface area (Å²) in [6.45, 7) is 3.41. The normalized spacial score (nSPS) is 21.1. The maximum atomic E-state index is 11.9. The number of carbonyl (C=O) groups is 2. The molecule has 0 aromatic heterocycles. The van der Waals surface area contributed by atoms with Gasteiger partial charge in [0.15, 0.2) is 0 Å². The summed E-state index contributed by atoms with van der Waals surface area (Å²) < 4.78 is 0. The fourth-order valence-corrected chi connectivity index (χ4v) is 2.48. The van der Waals surface area contributed by atoms with Crippen LogP contribution in [0.1, 0.15) is 39.0 Å². The molecule has 1 aliphatic rings. The average molecular weight is 251 g/mol. The molecule has 1 saturated heterocycles. The number of likely N-dealkylation sites (tertiary alicyclic amines) is 1. The fraction of sp³-hybridized carbons (Fsp3) is 0.714. The quantitative estimate of drug-likeness (QED) is 0.757. The van der Waals surface area contributed by atoms with Crippen molar-refractivity contribution in [2.75, 3.05) is 13.1 Å². The molecule has 100 valence electrons. The highest BCUT2D eigenvalue weighted by Gasteiger charge is 2.27. The Labute approximate surface area is 108 Å². The Balaban J connectivity index is 2.47. The van der Waals surface area contributed by atoms with Crippen LogP contribution in [0.5, 0.6) is 0 Å². The van der Waals surface area contributed by atoms with E-state index in [0.717, 1.165) is 19.4 Å². The van der Waals surface area contributed by atoms with Crippen molar-refractivity contribution in [2.45, 2.75) is 39.0 Å². The van der Waals surface area contributed by atoms with Crippen molar-refractivity contribution in [1.29, 1.82) is 0 Å². The van der Waals surface area contributed by atoms with Crippen LogP contribution in [0, 0.1) is 24.2 Å². The number of terminal acetylenes is 1. The molecule has 4 nitrogen and oxygen atoms in total. The number of carboxylic acid groups (broad SMARTS) is 1. The number of nitrogens with zero attached hydrogens (tertiary/aromatic N) is 1. The van der Waals surface area contributed by atoms with Crippen LogP contribution < -0.4 is 0 Å². The summed E-state index contributed by atoms with van der Waals surface area (Å²) >= 11 is 0. The van der Waals surface area contributed by atoms with Gasteiger partial charge < -0.3 is 10.0 Å². The van der Waals surface area contributed by atoms with Gasteiger partial charge in [0, 0.05) is 32.4 Å². The highest BCUT2D eigenvalue weighted by Crippen LogP contribution is 2.26. The van der Waals surface area contributed by atoms with Crippen molar-refractivity contribution in [2.24, 2.45) is 11.8 Å². The number of rotatable bonds is 5. The summed E-state index contributed by atoms with van der Waals surface area (Å²) in [6, 6.07) is 0. The Kier molecular flexibility index (Phi) is 5.70. The first-order chi connectivity index (χ1) is 8.54. The van der Waals surface area contributed by atoms with Gasteiger partial charge in [-0.3, -0.25) is 9.59 Å². The Hall–Kier alpha value is -1.50. The minimum absolute atomic E-state index is 0.0974. The van der Waals surface area contributed by atoms with Crippen molar-refractivity contribution in [3.63, 3.8) is 0 Å². The van der Waals surface area contributed by atoms with Gasteiger partial charge in [0.25, 0.3) is 0 Å². The third-order valence-electron chi connectivity index (χ3n) is 3.60. The second kappa shape index (κ2) is 7.05. The number of piperidine rings is 1. The van der Waals surface area contributed by atoms with Crippen LogP contribution in [-0.2, 0) is 9.59 Å². The summed E-state index contributed by atoms with van der Waals surface area (Å²) in [4.78, 5) is 24.4. The molecule has 1 rings (SSSR count). The summed E-state index contributed by atoms with van der Waals surface area (Å²) in [6.07, 6.45) is 8.17. The SMILES string of the molecule is C#CCCC(=O)N1CCCC(C(C)CC(=O)O)C1. The lowest BCUT2D eigenvalue weighted by Crippen LogP contribution is -2.41. The predicted molar refractivity (Wildman–Crippen MR) is 68.8 cm³/mol. The van der Waals surface area contributed by atoms with Gasteiger partial charge in [-0.1, -0.05) is 6.92 Å². The standard InChI is InChI=1S/C14H21NO3/c1-3-4-7-13(16)15-8-5-6-12(10-15)11(2)9-14(17)18/h1,11-12H,4-10H2,2H3,(H,17,18). The first-order valence-electron chi connectivity index (χ1n) is 6.47. The summed E-state index contributed by atoms with van der Waals surface area (Å²) in [7, 11) is 0. The molecule has 1 N–H and O–H groups in total. The molecule has 0 aromatic rings. The van der Waals surface area contributed by atoms with E-state index in [0.29, 0.717) is 25.3 Å². The predicted octanol–water partition coefficient (Wildman–Crippen LogP) is 1.75. The van der Waals surface area contributed by atoms with Crippen LogP contribution >= 0.6 is 0 Å². The molecular formula is C14H21NO3. The van der Waals surface area contributed by atoms with E-state index in [-0.39, 0.29) is 18.2 Å². The maximum Gasteiger partial charge on any atom is 0.303 e. The van der Waals surface area contributed by atoms with E-state index in [2.05, 4.69) is 5.92 Å². The van der Waals surface area contributed by atoms with Gasteiger partial charge in [-0.25, -0.2) is 0 Å². The van der Waals surface area contributed by atoms with Crippen LogP contribution in [0.25, 0.3) is 0 Å². The molecule has 0 spiro atoms. The molecule has 2 unspecified atom stereocenters. The maximum absolute atomic E-state index is 11.9. The molecule has 0 bridgehead atoms. The Morgan fingerprint density at radius 2 is 2.28 bits per heavy atom. The molecule has 1 heterocycles. The van der Waals surface area contributed by atoms with Gasteiger partial charge in [0.2, 0.25) is 5.91 Å². The molecule has 1 amide bonds. The molecule has 1 aliphatic heterocycles. The second-order valence-electron chi connectivity index (χ2n) is 5.02. The molecule has 0 aromatic carbocycles. The second-order valence-corrected chi connectivity index (χ2v) is 5.02. The lowest BCUT2D eigenvalue weighted by molar-refractivity contribution is -0.138. The zero-order chi connectivity index (χ0) is 13.5. The third kappa shape index (κ3) is 4.40. The van der Waals surface area contributed by atoms with E-state index in [4.69, 9.17) is 11.5 Å². The fourth-order valence-electron chi connectivity index (χ4n) is 2.48. The molecule has 0 aliphatic carbocycles. The molecular weight excluding hydrogens is 230 g/mol. The van der Waals surface area contributed by atoms with Crippen molar-refractivity contribution in [1.82, 2.24) is 4.90 Å². The van der Waals surface area contributed by atoms with E-state index in [1.165, 1.54) is 0 Å². The molecule has 4 heteroatoms. The molecule has 18 heavy (non-hydrogen) atoms. The van der Waals surface area contributed by atoms with E-state index in [1.807, 2.05) is 11.8 Å². The first-order valence-corrected chi connectivity index (χ1v) is 6.47. The van der Waals surface area contributed by atoms with Crippen LogP contribution in [0.4, 0.5) is 0 Å². The monoisotopic (exact) mass is 251 g/mol. The van der Waals surface area contributed by atoms with Gasteiger partial charge in [-0.2, -0.15) is 0 Å². The van der Waals surface area contributed by atoms with Crippen LogP contribution in [-0.4, -0.2) is 35.0 Å². The third-order valence-corrected chi connectivity index (χ3v) is 3.60. The molecule has 1 fully saturated rings. The van der Waals surface area contributed by atoms with Gasteiger partial charge >= 0.3 is 5.97 Å². The first kappa shape index (κ1) is 14.6. The highest BCUT2D eigenvalue weighted by molar-refractivity contribution is 5.76. The topological polar surface area (TPSA) is 57.6 Å². The van der Waals surface area contributed by atoms with Crippen molar-refractivity contribution < 1.29 is 14.7 Å². The summed E-state index contributed by atoms with van der Waals surface area (Å²) in [5, 5.41) is 8.80. The van der Waals surface area contributed by atoms with Crippen molar-refractivity contribution in [3.05, 3.63) is 0 Å². The van der Waals surface area contributed by atoms with Crippen molar-refractivity contribution >= 4 is 11.9 Å². The van der Waals surface area contributed by atoms with E-state index in [9.17, 15) is 9.59 Å². The number of aliphatic carboxylic acids is 1. The summed E-state index contributed by atoms with van der Waals surface area (Å²) in [5.74, 6) is 2.22. The van der Waals surface area contributed by atoms with Gasteiger partial charge in [-0.05, 0) is 24.7 Å². The minimum atomic E-state index is -0.765. The Morgan fingerprint density at radius 1 is 1.56 bits per heavy atom. The number of hydrogen-bond donors (Lipinski definition) is 1. The summed E-state index contributed by atoms with van der Waals surface area (Å²) in [5.41, 5.74) is 0. The number of carboxylic acids is 1. The lowest BCUT2D eigenvalue weighted by Gasteiger charge is -2.35. The van der Waals surface area contributed by atoms with Gasteiger partial charge in [-0.15, -0.1) is 12.3 Å². The van der Waals surface area contributed by atoms with Crippen LogP contribution in [0.2, 0.25) is 0 Å². The molecule has 0 radical (unpaired) electrons. The number of hydrogen-bond acceptors (Lipinski definition) is 2. The Morgan fingerprint density at radius 3 is 2.89 bits per heavy atom.